The maximum absolute atomic E-state index is 11.1. The van der Waals surface area contributed by atoms with E-state index in [-0.39, 0.29) is 11.8 Å². The van der Waals surface area contributed by atoms with Crippen molar-refractivity contribution in [1.82, 2.24) is 0 Å². The lowest BCUT2D eigenvalue weighted by Gasteiger charge is -2.28. The summed E-state index contributed by atoms with van der Waals surface area (Å²) in [7, 11) is 6.22. The summed E-state index contributed by atoms with van der Waals surface area (Å²) < 4.78 is 22.0. The van der Waals surface area contributed by atoms with Gasteiger partial charge in [-0.25, -0.2) is 0 Å². The molecular weight excluding hydrogens is 326 g/mol. The van der Waals surface area contributed by atoms with Crippen LogP contribution >= 0.6 is 0 Å². The fourth-order valence-corrected chi connectivity index (χ4v) is 3.14. The Balaban J connectivity index is 3.47. The molecule has 7 heteroatoms. The van der Waals surface area contributed by atoms with Crippen LogP contribution in [-0.2, 0) is 4.79 Å². The van der Waals surface area contributed by atoms with Crippen molar-refractivity contribution in [2.75, 3.05) is 28.4 Å². The Labute approximate surface area is 149 Å². The van der Waals surface area contributed by atoms with Crippen LogP contribution in [0.2, 0.25) is 0 Å². The van der Waals surface area contributed by atoms with Crippen LogP contribution in [0, 0.1) is 5.92 Å². The van der Waals surface area contributed by atoms with E-state index in [2.05, 4.69) is 0 Å². The van der Waals surface area contributed by atoms with Crippen molar-refractivity contribution < 1.29 is 28.8 Å². The third-order valence-corrected chi connectivity index (χ3v) is 4.61. The standard InChI is InChI=1S/C18H29NO6/c1-7-11(8-12(19)18(20)21)10(2)15-16(24-5)13(22-3)9-14(23-4)17(15)25-6/h9-12H,7-8,19H2,1-6H3,(H,20,21). The van der Waals surface area contributed by atoms with Crippen molar-refractivity contribution in [3.8, 4) is 23.0 Å². The molecule has 0 heterocycles. The second kappa shape index (κ2) is 9.36. The zero-order valence-corrected chi connectivity index (χ0v) is 15.8. The van der Waals surface area contributed by atoms with Gasteiger partial charge in [-0.3, -0.25) is 4.79 Å². The molecule has 0 aromatic heterocycles. The van der Waals surface area contributed by atoms with Crippen LogP contribution in [-0.4, -0.2) is 45.6 Å². The number of hydrogen-bond acceptors (Lipinski definition) is 6. The molecule has 1 aromatic rings. The molecule has 0 aliphatic rings. The number of benzene rings is 1. The molecule has 0 saturated heterocycles. The molecule has 1 aromatic carbocycles. The monoisotopic (exact) mass is 355 g/mol. The summed E-state index contributed by atoms with van der Waals surface area (Å²) >= 11 is 0. The molecule has 0 spiro atoms. The third-order valence-electron chi connectivity index (χ3n) is 4.61. The molecule has 0 aliphatic carbocycles. The van der Waals surface area contributed by atoms with Crippen LogP contribution in [0.4, 0.5) is 0 Å². The molecule has 0 aliphatic heterocycles. The summed E-state index contributed by atoms with van der Waals surface area (Å²) in [6.07, 6.45) is 1.10. The van der Waals surface area contributed by atoms with Gasteiger partial charge in [0.2, 0.25) is 0 Å². The van der Waals surface area contributed by atoms with Gasteiger partial charge in [0, 0.05) is 11.6 Å². The summed E-state index contributed by atoms with van der Waals surface area (Å²) in [5, 5.41) is 9.13. The number of nitrogens with two attached hydrogens (primary N) is 1. The minimum absolute atomic E-state index is 0.0192. The largest absolute Gasteiger partial charge is 0.493 e. The number of aliphatic carboxylic acids is 1. The van der Waals surface area contributed by atoms with E-state index in [4.69, 9.17) is 29.8 Å². The minimum atomic E-state index is -1.01. The zero-order chi connectivity index (χ0) is 19.1. The van der Waals surface area contributed by atoms with E-state index >= 15 is 0 Å². The van der Waals surface area contributed by atoms with Crippen molar-refractivity contribution >= 4 is 5.97 Å². The summed E-state index contributed by atoms with van der Waals surface area (Å²) in [6, 6.07) is 0.787. The van der Waals surface area contributed by atoms with Gasteiger partial charge in [0.25, 0.3) is 0 Å². The Morgan fingerprint density at radius 2 is 1.56 bits per heavy atom. The van der Waals surface area contributed by atoms with E-state index in [0.29, 0.717) is 29.4 Å². The lowest BCUT2D eigenvalue weighted by atomic mass is 9.80. The first-order valence-corrected chi connectivity index (χ1v) is 8.21. The van der Waals surface area contributed by atoms with Crippen LogP contribution in [0.3, 0.4) is 0 Å². The average molecular weight is 355 g/mol. The van der Waals surface area contributed by atoms with Gasteiger partial charge in [-0.05, 0) is 18.3 Å². The van der Waals surface area contributed by atoms with Gasteiger partial charge in [-0.15, -0.1) is 0 Å². The van der Waals surface area contributed by atoms with E-state index < -0.39 is 12.0 Å². The van der Waals surface area contributed by atoms with Crippen molar-refractivity contribution in [3.05, 3.63) is 11.6 Å². The maximum atomic E-state index is 11.1. The van der Waals surface area contributed by atoms with Crippen LogP contribution in [0.15, 0.2) is 6.07 Å². The van der Waals surface area contributed by atoms with Crippen LogP contribution in [0.5, 0.6) is 23.0 Å². The molecule has 0 radical (unpaired) electrons. The Morgan fingerprint density at radius 3 is 1.88 bits per heavy atom. The van der Waals surface area contributed by atoms with E-state index in [1.54, 1.807) is 34.5 Å². The molecule has 3 N–H and O–H groups in total. The lowest BCUT2D eigenvalue weighted by Crippen LogP contribution is -2.33. The number of methoxy groups -OCH3 is 4. The predicted octanol–water partition coefficient (Wildman–Crippen LogP) is 2.65. The van der Waals surface area contributed by atoms with Gasteiger partial charge in [0.05, 0.1) is 28.4 Å². The van der Waals surface area contributed by atoms with Gasteiger partial charge in [0.15, 0.2) is 23.0 Å². The van der Waals surface area contributed by atoms with Crippen molar-refractivity contribution in [2.45, 2.75) is 38.6 Å². The van der Waals surface area contributed by atoms with Gasteiger partial charge >= 0.3 is 5.97 Å². The lowest BCUT2D eigenvalue weighted by molar-refractivity contribution is -0.139. The summed E-state index contributed by atoms with van der Waals surface area (Å²) in [4.78, 5) is 11.1. The first-order chi connectivity index (χ1) is 11.9. The van der Waals surface area contributed by atoms with Crippen molar-refractivity contribution in [1.29, 1.82) is 0 Å². The highest BCUT2D eigenvalue weighted by Gasteiger charge is 2.31. The SMILES string of the molecule is CCC(CC(N)C(=O)O)C(C)c1c(OC)c(OC)cc(OC)c1OC. The number of hydrogen-bond donors (Lipinski definition) is 2. The average Bonchev–Trinajstić information content (AvgIpc) is 2.62. The topological polar surface area (TPSA) is 100 Å². The number of ether oxygens (including phenoxy) is 4. The van der Waals surface area contributed by atoms with Gasteiger partial charge in [-0.2, -0.15) is 0 Å². The second-order valence-corrected chi connectivity index (χ2v) is 5.90. The summed E-state index contributed by atoms with van der Waals surface area (Å²) in [5.41, 5.74) is 6.53. The summed E-state index contributed by atoms with van der Waals surface area (Å²) in [5.74, 6) is 1.09. The fourth-order valence-electron chi connectivity index (χ4n) is 3.14. The normalized spacial score (nSPS) is 14.4. The molecule has 0 amide bonds. The van der Waals surface area contributed by atoms with Crippen LogP contribution in [0.25, 0.3) is 0 Å². The molecule has 3 atom stereocenters. The van der Waals surface area contributed by atoms with Crippen LogP contribution < -0.4 is 24.7 Å². The molecular formula is C18H29NO6. The Morgan fingerprint density at radius 1 is 1.08 bits per heavy atom. The molecule has 3 unspecified atom stereocenters. The number of carboxylic acid groups (broad SMARTS) is 1. The van der Waals surface area contributed by atoms with E-state index in [9.17, 15) is 4.79 Å². The highest BCUT2D eigenvalue weighted by molar-refractivity contribution is 5.73. The molecule has 0 saturated carbocycles. The van der Waals surface area contributed by atoms with Crippen molar-refractivity contribution in [3.63, 3.8) is 0 Å². The summed E-state index contributed by atoms with van der Waals surface area (Å²) in [6.45, 7) is 4.01. The number of carboxylic acids is 1. The molecule has 0 fully saturated rings. The van der Waals surface area contributed by atoms with E-state index in [1.807, 2.05) is 13.8 Å². The quantitative estimate of drug-likeness (QED) is 0.665. The smallest absolute Gasteiger partial charge is 0.320 e. The number of rotatable bonds is 10. The van der Waals surface area contributed by atoms with E-state index in [0.717, 1.165) is 12.0 Å². The Kier molecular flexibility index (Phi) is 7.83. The molecule has 0 bridgehead atoms. The van der Waals surface area contributed by atoms with Gasteiger partial charge in [-0.1, -0.05) is 20.3 Å². The van der Waals surface area contributed by atoms with E-state index in [1.165, 1.54) is 0 Å². The zero-order valence-electron chi connectivity index (χ0n) is 15.8. The highest BCUT2D eigenvalue weighted by atomic mass is 16.5. The number of carbonyl (C=O) groups is 1. The predicted molar refractivity (Wildman–Crippen MR) is 95.1 cm³/mol. The third kappa shape index (κ3) is 4.48. The first-order valence-electron chi connectivity index (χ1n) is 8.21. The molecule has 1 rings (SSSR count). The fraction of sp³-hybridized carbons (Fsp3) is 0.611. The van der Waals surface area contributed by atoms with Crippen molar-refractivity contribution in [2.24, 2.45) is 11.7 Å². The molecule has 142 valence electrons. The highest BCUT2D eigenvalue weighted by Crippen LogP contribution is 2.50. The maximum Gasteiger partial charge on any atom is 0.320 e. The molecule has 7 nitrogen and oxygen atoms in total. The van der Waals surface area contributed by atoms with Gasteiger partial charge in [0.1, 0.15) is 6.04 Å². The van der Waals surface area contributed by atoms with Crippen LogP contribution in [0.1, 0.15) is 38.2 Å². The first kappa shape index (κ1) is 20.9. The Bertz CT molecular complexity index is 559. The Hall–Kier alpha value is -2.15. The molecule has 25 heavy (non-hydrogen) atoms. The second-order valence-electron chi connectivity index (χ2n) is 5.90. The minimum Gasteiger partial charge on any atom is -0.493 e. The van der Waals surface area contributed by atoms with Gasteiger partial charge < -0.3 is 29.8 Å².